The van der Waals surface area contributed by atoms with Crippen LogP contribution in [0.5, 0.6) is 5.75 Å². The van der Waals surface area contributed by atoms with Gasteiger partial charge in [0.2, 0.25) is 0 Å². The standard InChI is InChI=1S/C29H31N7O3/c1-2-38-23-11-12-26-21(15-23)16-25(29(37)31-26)27(28-32-33-34-36(28)22-8-3-4-9-22)35(19-24-10-6-14-39-24)18-20-7-5-13-30-17-20/h5-7,10-17,22,27H,2-4,8-9,18-19H2,1H3,(H,31,37). The first-order chi connectivity index (χ1) is 19.2. The number of benzene rings is 1. The smallest absolute Gasteiger partial charge is 0.253 e. The molecule has 0 amide bonds. The second-order valence-electron chi connectivity index (χ2n) is 9.90. The lowest BCUT2D eigenvalue weighted by Gasteiger charge is -2.31. The Balaban J connectivity index is 1.52. The molecule has 1 fully saturated rings. The van der Waals surface area contributed by atoms with E-state index in [1.165, 1.54) is 0 Å². The Kier molecular flexibility index (Phi) is 7.18. The summed E-state index contributed by atoms with van der Waals surface area (Å²) in [5, 5.41) is 13.9. The van der Waals surface area contributed by atoms with Gasteiger partial charge in [-0.3, -0.25) is 14.7 Å². The molecule has 1 aliphatic rings. The molecule has 0 bridgehead atoms. The molecule has 10 nitrogen and oxygen atoms in total. The Labute approximate surface area is 225 Å². The molecule has 0 saturated heterocycles. The molecule has 1 saturated carbocycles. The number of aromatic nitrogens is 6. The van der Waals surface area contributed by atoms with Gasteiger partial charge in [0.1, 0.15) is 17.6 Å². The van der Waals surface area contributed by atoms with Crippen molar-refractivity contribution in [3.05, 3.63) is 100 Å². The number of hydrogen-bond acceptors (Lipinski definition) is 8. The minimum Gasteiger partial charge on any atom is -0.494 e. The third-order valence-electron chi connectivity index (χ3n) is 7.30. The molecule has 1 unspecified atom stereocenters. The molecule has 1 N–H and O–H groups in total. The van der Waals surface area contributed by atoms with Crippen LogP contribution >= 0.6 is 0 Å². The number of fused-ring (bicyclic) bond motifs is 1. The van der Waals surface area contributed by atoms with Gasteiger partial charge in [0.15, 0.2) is 5.82 Å². The van der Waals surface area contributed by atoms with Crippen molar-refractivity contribution in [1.29, 1.82) is 0 Å². The quantitative estimate of drug-likeness (QED) is 0.276. The van der Waals surface area contributed by atoms with E-state index >= 15 is 0 Å². The van der Waals surface area contributed by atoms with E-state index in [0.717, 1.165) is 53.7 Å². The van der Waals surface area contributed by atoms with E-state index in [4.69, 9.17) is 9.15 Å². The summed E-state index contributed by atoms with van der Waals surface area (Å²) in [6, 6.07) is 15.0. The van der Waals surface area contributed by atoms with Gasteiger partial charge in [-0.15, -0.1) is 5.10 Å². The fourth-order valence-electron chi connectivity index (χ4n) is 5.52. The van der Waals surface area contributed by atoms with Crippen LogP contribution in [-0.4, -0.2) is 41.7 Å². The maximum atomic E-state index is 13.7. The minimum absolute atomic E-state index is 0.187. The van der Waals surface area contributed by atoms with Gasteiger partial charge < -0.3 is 14.1 Å². The summed E-state index contributed by atoms with van der Waals surface area (Å²) in [4.78, 5) is 23.3. The molecule has 10 heteroatoms. The number of tetrazole rings is 1. The van der Waals surface area contributed by atoms with Gasteiger partial charge in [-0.1, -0.05) is 18.9 Å². The molecule has 200 valence electrons. The average molecular weight is 526 g/mol. The first kappa shape index (κ1) is 25.0. The van der Waals surface area contributed by atoms with Crippen LogP contribution in [-0.2, 0) is 13.1 Å². The summed E-state index contributed by atoms with van der Waals surface area (Å²) in [5.41, 5.74) is 2.12. The largest absolute Gasteiger partial charge is 0.494 e. The van der Waals surface area contributed by atoms with E-state index in [1.807, 2.05) is 66.3 Å². The number of ether oxygens (including phenoxy) is 1. The average Bonchev–Trinajstić information content (AvgIpc) is 3.73. The highest BCUT2D eigenvalue weighted by Crippen LogP contribution is 2.35. The van der Waals surface area contributed by atoms with Crippen molar-refractivity contribution in [2.75, 3.05) is 6.61 Å². The van der Waals surface area contributed by atoms with Crippen molar-refractivity contribution < 1.29 is 9.15 Å². The van der Waals surface area contributed by atoms with Gasteiger partial charge in [-0.05, 0) is 78.2 Å². The summed E-state index contributed by atoms with van der Waals surface area (Å²) in [7, 11) is 0. The third kappa shape index (κ3) is 5.33. The molecule has 1 aliphatic carbocycles. The summed E-state index contributed by atoms with van der Waals surface area (Å²) < 4.78 is 13.4. The molecule has 39 heavy (non-hydrogen) atoms. The second kappa shape index (κ2) is 11.2. The molecular formula is C29H31N7O3. The summed E-state index contributed by atoms with van der Waals surface area (Å²) >= 11 is 0. The first-order valence-electron chi connectivity index (χ1n) is 13.4. The maximum Gasteiger partial charge on any atom is 0.253 e. The van der Waals surface area contributed by atoms with Crippen molar-refractivity contribution >= 4 is 10.9 Å². The van der Waals surface area contributed by atoms with E-state index in [9.17, 15) is 4.79 Å². The van der Waals surface area contributed by atoms with Crippen LogP contribution in [0.25, 0.3) is 10.9 Å². The second-order valence-corrected chi connectivity index (χ2v) is 9.90. The van der Waals surface area contributed by atoms with Gasteiger partial charge in [-0.25, -0.2) is 4.68 Å². The monoisotopic (exact) mass is 525 g/mol. The number of furan rings is 1. The third-order valence-corrected chi connectivity index (χ3v) is 7.30. The molecule has 1 aromatic carbocycles. The lowest BCUT2D eigenvalue weighted by molar-refractivity contribution is 0.176. The normalized spacial score (nSPS) is 14.8. The number of pyridine rings is 2. The Morgan fingerprint density at radius 3 is 2.82 bits per heavy atom. The summed E-state index contributed by atoms with van der Waals surface area (Å²) in [5.74, 6) is 2.17. The molecule has 1 atom stereocenters. The molecule has 4 aromatic heterocycles. The molecular weight excluding hydrogens is 494 g/mol. The Bertz CT molecular complexity index is 1570. The zero-order chi connectivity index (χ0) is 26.6. The number of nitrogens with zero attached hydrogens (tertiary/aromatic N) is 6. The fraction of sp³-hybridized carbons (Fsp3) is 0.345. The maximum absolute atomic E-state index is 13.7. The Hall–Kier alpha value is -4.31. The number of hydrogen-bond donors (Lipinski definition) is 1. The highest BCUT2D eigenvalue weighted by molar-refractivity contribution is 5.80. The van der Waals surface area contributed by atoms with Crippen LogP contribution < -0.4 is 10.3 Å². The van der Waals surface area contributed by atoms with Gasteiger partial charge in [0, 0.05) is 35.4 Å². The highest BCUT2D eigenvalue weighted by Gasteiger charge is 2.34. The molecule has 4 heterocycles. The van der Waals surface area contributed by atoms with E-state index in [1.54, 1.807) is 12.5 Å². The van der Waals surface area contributed by atoms with E-state index in [-0.39, 0.29) is 11.6 Å². The Morgan fingerprint density at radius 2 is 2.05 bits per heavy atom. The van der Waals surface area contributed by atoms with E-state index in [2.05, 4.69) is 30.4 Å². The fourth-order valence-corrected chi connectivity index (χ4v) is 5.52. The summed E-state index contributed by atoms with van der Waals surface area (Å²) in [6.07, 6.45) is 9.55. The minimum atomic E-state index is -0.546. The van der Waals surface area contributed by atoms with Crippen molar-refractivity contribution in [1.82, 2.24) is 35.1 Å². The van der Waals surface area contributed by atoms with Crippen LogP contribution in [0.15, 0.2) is 76.4 Å². The zero-order valence-corrected chi connectivity index (χ0v) is 21.9. The number of nitrogens with one attached hydrogen (secondary N) is 1. The summed E-state index contributed by atoms with van der Waals surface area (Å²) in [6.45, 7) is 3.46. The lowest BCUT2D eigenvalue weighted by Crippen LogP contribution is -2.35. The van der Waals surface area contributed by atoms with Crippen LogP contribution in [0.2, 0.25) is 0 Å². The molecule has 6 rings (SSSR count). The van der Waals surface area contributed by atoms with Crippen molar-refractivity contribution in [3.63, 3.8) is 0 Å². The lowest BCUT2D eigenvalue weighted by atomic mass is 10.0. The predicted molar refractivity (Wildman–Crippen MR) is 145 cm³/mol. The Morgan fingerprint density at radius 1 is 1.15 bits per heavy atom. The van der Waals surface area contributed by atoms with Gasteiger partial charge in [-0.2, -0.15) is 0 Å². The molecule has 5 aromatic rings. The molecule has 0 spiro atoms. The number of H-pyrrole nitrogens is 1. The van der Waals surface area contributed by atoms with E-state index in [0.29, 0.717) is 31.1 Å². The number of aromatic amines is 1. The molecule has 0 radical (unpaired) electrons. The predicted octanol–water partition coefficient (Wildman–Crippen LogP) is 4.81. The zero-order valence-electron chi connectivity index (χ0n) is 21.9. The van der Waals surface area contributed by atoms with Gasteiger partial charge >= 0.3 is 0 Å². The highest BCUT2D eigenvalue weighted by atomic mass is 16.5. The first-order valence-corrected chi connectivity index (χ1v) is 13.4. The van der Waals surface area contributed by atoms with Crippen molar-refractivity contribution in [2.45, 2.75) is 57.8 Å². The number of rotatable bonds is 10. The van der Waals surface area contributed by atoms with Crippen molar-refractivity contribution in [3.8, 4) is 5.75 Å². The van der Waals surface area contributed by atoms with E-state index < -0.39 is 6.04 Å². The molecule has 0 aliphatic heterocycles. The van der Waals surface area contributed by atoms with Gasteiger partial charge in [0.05, 0.1) is 25.5 Å². The van der Waals surface area contributed by atoms with Crippen LogP contribution in [0.1, 0.15) is 67.4 Å². The van der Waals surface area contributed by atoms with Gasteiger partial charge in [0.25, 0.3) is 5.56 Å². The SMILES string of the molecule is CCOc1ccc2[nH]c(=O)c(C(c3nnnn3C3CCCC3)N(Cc3cccnc3)Cc3ccco3)cc2c1. The topological polar surface area (TPSA) is 115 Å². The van der Waals surface area contributed by atoms with Crippen LogP contribution in [0, 0.1) is 0 Å². The van der Waals surface area contributed by atoms with Crippen molar-refractivity contribution in [2.24, 2.45) is 0 Å². The van der Waals surface area contributed by atoms with Crippen LogP contribution in [0.3, 0.4) is 0 Å². The van der Waals surface area contributed by atoms with Crippen LogP contribution in [0.4, 0.5) is 0 Å².